The van der Waals surface area contributed by atoms with E-state index >= 15 is 0 Å². The van der Waals surface area contributed by atoms with Gasteiger partial charge >= 0.3 is 6.03 Å². The molecule has 1 N–H and O–H groups in total. The molecule has 0 bridgehead atoms. The number of anilines is 1. The van der Waals surface area contributed by atoms with Crippen molar-refractivity contribution in [2.75, 3.05) is 31.6 Å². The van der Waals surface area contributed by atoms with Gasteiger partial charge in [-0.15, -0.1) is 0 Å². The van der Waals surface area contributed by atoms with E-state index in [1.165, 1.54) is 0 Å². The summed E-state index contributed by atoms with van der Waals surface area (Å²) in [5.41, 5.74) is 0.783. The summed E-state index contributed by atoms with van der Waals surface area (Å²) in [7, 11) is 0. The van der Waals surface area contributed by atoms with E-state index in [0.29, 0.717) is 6.54 Å². The van der Waals surface area contributed by atoms with Crippen molar-refractivity contribution in [3.63, 3.8) is 0 Å². The Morgan fingerprint density at radius 1 is 1.41 bits per heavy atom. The van der Waals surface area contributed by atoms with Crippen molar-refractivity contribution in [3.8, 4) is 5.75 Å². The highest BCUT2D eigenvalue weighted by Crippen LogP contribution is 2.17. The van der Waals surface area contributed by atoms with Crippen LogP contribution in [-0.4, -0.2) is 43.3 Å². The number of benzene rings is 1. The summed E-state index contributed by atoms with van der Waals surface area (Å²) in [5, 5.41) is 2.93. The molecule has 1 aliphatic rings. The average molecular weight is 306 g/mol. The van der Waals surface area contributed by atoms with Crippen molar-refractivity contribution in [1.29, 1.82) is 0 Å². The molecule has 1 aromatic rings. The van der Waals surface area contributed by atoms with Crippen molar-refractivity contribution in [1.82, 2.24) is 4.90 Å². The number of unbranched alkanes of at least 4 members (excludes halogenated alkanes) is 1. The van der Waals surface area contributed by atoms with Crippen molar-refractivity contribution < 1.29 is 14.3 Å². The van der Waals surface area contributed by atoms with E-state index in [-0.39, 0.29) is 12.1 Å². The molecule has 2 amide bonds. The van der Waals surface area contributed by atoms with E-state index in [4.69, 9.17) is 9.47 Å². The molecule has 1 atom stereocenters. The van der Waals surface area contributed by atoms with E-state index in [9.17, 15) is 4.79 Å². The minimum absolute atomic E-state index is 0.0722. The van der Waals surface area contributed by atoms with Crippen LogP contribution in [0.3, 0.4) is 0 Å². The van der Waals surface area contributed by atoms with E-state index in [0.717, 1.165) is 50.5 Å². The number of ether oxygens (including phenoxy) is 2. The zero-order valence-corrected chi connectivity index (χ0v) is 13.5. The Bertz CT molecular complexity index is 461. The maximum atomic E-state index is 12.3. The third-order valence-electron chi connectivity index (χ3n) is 3.61. The Hall–Kier alpha value is -1.75. The van der Waals surface area contributed by atoms with Gasteiger partial charge in [-0.3, -0.25) is 0 Å². The van der Waals surface area contributed by atoms with Crippen molar-refractivity contribution in [2.45, 2.75) is 39.2 Å². The van der Waals surface area contributed by atoms with Crippen molar-refractivity contribution >= 4 is 11.7 Å². The third kappa shape index (κ3) is 5.22. The molecule has 1 aromatic carbocycles. The van der Waals surface area contributed by atoms with E-state index in [1.54, 1.807) is 0 Å². The molecule has 5 nitrogen and oxygen atoms in total. The van der Waals surface area contributed by atoms with Crippen LogP contribution in [0.1, 0.15) is 33.1 Å². The lowest BCUT2D eigenvalue weighted by atomic mass is 10.3. The zero-order chi connectivity index (χ0) is 15.8. The number of hydrogen-bond donors (Lipinski definition) is 1. The predicted molar refractivity (Wildman–Crippen MR) is 87.5 cm³/mol. The van der Waals surface area contributed by atoms with Gasteiger partial charge in [-0.25, -0.2) is 4.79 Å². The van der Waals surface area contributed by atoms with Gasteiger partial charge in [0.1, 0.15) is 5.75 Å². The fraction of sp³-hybridized carbons (Fsp3) is 0.588. The Morgan fingerprint density at radius 2 is 2.18 bits per heavy atom. The molecule has 1 fully saturated rings. The van der Waals surface area contributed by atoms with E-state index in [2.05, 4.69) is 12.2 Å². The lowest BCUT2D eigenvalue weighted by Crippen LogP contribution is -2.38. The standard InChI is InChI=1S/C17H26N2O3/c1-3-4-11-22-16-8-6-15(7-9-16)18-17(20)19-10-5-12-21-14(2)13-19/h6-9,14H,3-5,10-13H2,1-2H3,(H,18,20). The molecule has 0 radical (unpaired) electrons. The zero-order valence-electron chi connectivity index (χ0n) is 13.5. The Balaban J connectivity index is 1.85. The lowest BCUT2D eigenvalue weighted by molar-refractivity contribution is 0.0718. The second-order valence-electron chi connectivity index (χ2n) is 5.64. The summed E-state index contributed by atoms with van der Waals surface area (Å²) in [5.74, 6) is 0.836. The van der Waals surface area contributed by atoms with Crippen LogP contribution >= 0.6 is 0 Å². The molecule has 1 unspecified atom stereocenters. The summed E-state index contributed by atoms with van der Waals surface area (Å²) in [6, 6.07) is 7.45. The predicted octanol–water partition coefficient (Wildman–Crippen LogP) is 3.51. The van der Waals surface area contributed by atoms with Crippen molar-refractivity contribution in [2.24, 2.45) is 0 Å². The SMILES string of the molecule is CCCCOc1ccc(NC(=O)N2CCCOC(C)C2)cc1. The second-order valence-corrected chi connectivity index (χ2v) is 5.64. The van der Waals surface area contributed by atoms with Crippen LogP contribution < -0.4 is 10.1 Å². The highest BCUT2D eigenvalue weighted by atomic mass is 16.5. The summed E-state index contributed by atoms with van der Waals surface area (Å²) >= 11 is 0. The van der Waals surface area contributed by atoms with Gasteiger partial charge in [0.05, 0.1) is 12.7 Å². The quantitative estimate of drug-likeness (QED) is 0.847. The molecule has 1 saturated heterocycles. The molecule has 0 aromatic heterocycles. The van der Waals surface area contributed by atoms with Crippen LogP contribution in [0, 0.1) is 0 Å². The minimum Gasteiger partial charge on any atom is -0.494 e. The van der Waals surface area contributed by atoms with Crippen LogP contribution in [0.5, 0.6) is 5.75 Å². The fourth-order valence-corrected chi connectivity index (χ4v) is 2.35. The first kappa shape index (κ1) is 16.6. The molecule has 1 heterocycles. The highest BCUT2D eigenvalue weighted by Gasteiger charge is 2.19. The van der Waals surface area contributed by atoms with Crippen LogP contribution in [0.25, 0.3) is 0 Å². The maximum Gasteiger partial charge on any atom is 0.321 e. The summed E-state index contributed by atoms with van der Waals surface area (Å²) in [6.07, 6.45) is 3.13. The number of amides is 2. The summed E-state index contributed by atoms with van der Waals surface area (Å²) < 4.78 is 11.2. The molecule has 0 saturated carbocycles. The molecular weight excluding hydrogens is 280 g/mol. The molecule has 2 rings (SSSR count). The van der Waals surface area contributed by atoms with Crippen LogP contribution in [0.2, 0.25) is 0 Å². The second kappa shape index (κ2) is 8.63. The topological polar surface area (TPSA) is 50.8 Å². The fourth-order valence-electron chi connectivity index (χ4n) is 2.35. The first-order valence-corrected chi connectivity index (χ1v) is 8.09. The van der Waals surface area contributed by atoms with E-state index in [1.807, 2.05) is 36.1 Å². The molecule has 0 aliphatic carbocycles. The van der Waals surface area contributed by atoms with Gasteiger partial charge in [0, 0.05) is 25.4 Å². The number of hydrogen-bond acceptors (Lipinski definition) is 3. The van der Waals surface area contributed by atoms with Gasteiger partial charge < -0.3 is 19.7 Å². The maximum absolute atomic E-state index is 12.3. The average Bonchev–Trinajstić information content (AvgIpc) is 2.74. The van der Waals surface area contributed by atoms with Crippen LogP contribution in [0.4, 0.5) is 10.5 Å². The number of carbonyl (C=O) groups is 1. The largest absolute Gasteiger partial charge is 0.494 e. The van der Waals surface area contributed by atoms with Crippen LogP contribution in [0.15, 0.2) is 24.3 Å². The van der Waals surface area contributed by atoms with Gasteiger partial charge in [-0.2, -0.15) is 0 Å². The van der Waals surface area contributed by atoms with Crippen molar-refractivity contribution in [3.05, 3.63) is 24.3 Å². The monoisotopic (exact) mass is 306 g/mol. The summed E-state index contributed by atoms with van der Waals surface area (Å²) in [6.45, 7) is 6.94. The normalized spacial score (nSPS) is 18.6. The number of nitrogens with one attached hydrogen (secondary N) is 1. The number of nitrogens with zero attached hydrogens (tertiary/aromatic N) is 1. The van der Waals surface area contributed by atoms with Crippen LogP contribution in [-0.2, 0) is 4.74 Å². The minimum atomic E-state index is -0.0722. The Morgan fingerprint density at radius 3 is 2.91 bits per heavy atom. The molecule has 1 aliphatic heterocycles. The smallest absolute Gasteiger partial charge is 0.321 e. The molecule has 122 valence electrons. The molecule has 22 heavy (non-hydrogen) atoms. The molecule has 0 spiro atoms. The van der Waals surface area contributed by atoms with Gasteiger partial charge in [0.15, 0.2) is 0 Å². The van der Waals surface area contributed by atoms with Gasteiger partial charge in [0.2, 0.25) is 0 Å². The summed E-state index contributed by atoms with van der Waals surface area (Å²) in [4.78, 5) is 14.1. The first-order valence-electron chi connectivity index (χ1n) is 8.09. The first-order chi connectivity index (χ1) is 10.7. The highest BCUT2D eigenvalue weighted by molar-refractivity contribution is 5.89. The lowest BCUT2D eigenvalue weighted by Gasteiger charge is -2.22. The van der Waals surface area contributed by atoms with Gasteiger partial charge in [-0.05, 0) is 44.0 Å². The third-order valence-corrected chi connectivity index (χ3v) is 3.61. The molecular formula is C17H26N2O3. The van der Waals surface area contributed by atoms with Gasteiger partial charge in [-0.1, -0.05) is 13.3 Å². The Labute approximate surface area is 132 Å². The van der Waals surface area contributed by atoms with Gasteiger partial charge in [0.25, 0.3) is 0 Å². The molecule has 5 heteroatoms. The van der Waals surface area contributed by atoms with E-state index < -0.39 is 0 Å². The number of carbonyl (C=O) groups excluding carboxylic acids is 1. The number of urea groups is 1. The number of rotatable bonds is 5. The Kier molecular flexibility index (Phi) is 6.52.